The van der Waals surface area contributed by atoms with E-state index in [4.69, 9.17) is 4.74 Å². The first kappa shape index (κ1) is 18.3. The molecule has 0 aromatic heterocycles. The molecule has 0 bridgehead atoms. The Kier molecular flexibility index (Phi) is 7.50. The first-order chi connectivity index (χ1) is 9.80. The van der Waals surface area contributed by atoms with Crippen LogP contribution in [0.3, 0.4) is 0 Å². The van der Waals surface area contributed by atoms with Crippen LogP contribution in [0.2, 0.25) is 0 Å². The molecule has 1 aliphatic carbocycles. The van der Waals surface area contributed by atoms with Gasteiger partial charge in [0.1, 0.15) is 5.60 Å². The van der Waals surface area contributed by atoms with Crippen molar-refractivity contribution < 1.29 is 9.53 Å². The highest BCUT2D eigenvalue weighted by Crippen LogP contribution is 2.33. The minimum absolute atomic E-state index is 0.319. The molecule has 0 saturated heterocycles. The van der Waals surface area contributed by atoms with Crippen molar-refractivity contribution in [2.75, 3.05) is 6.54 Å². The molecule has 0 aromatic rings. The lowest BCUT2D eigenvalue weighted by Crippen LogP contribution is -2.45. The lowest BCUT2D eigenvalue weighted by atomic mass is 10.1. The van der Waals surface area contributed by atoms with Gasteiger partial charge in [-0.1, -0.05) is 32.6 Å². The van der Waals surface area contributed by atoms with E-state index in [0.29, 0.717) is 18.6 Å². The summed E-state index contributed by atoms with van der Waals surface area (Å²) in [6.07, 6.45) is 7.19. The Balaban J connectivity index is 2.31. The van der Waals surface area contributed by atoms with Gasteiger partial charge in [-0.05, 0) is 46.5 Å². The summed E-state index contributed by atoms with van der Waals surface area (Å²) in [6.45, 7) is 10.8. The number of unbranched alkanes of at least 4 members (excludes halogenated alkanes) is 1. The summed E-state index contributed by atoms with van der Waals surface area (Å²) in [7, 11) is 0. The Morgan fingerprint density at radius 1 is 1.33 bits per heavy atom. The molecule has 4 nitrogen and oxygen atoms in total. The molecule has 0 aliphatic heterocycles. The van der Waals surface area contributed by atoms with Gasteiger partial charge in [0.05, 0.1) is 0 Å². The summed E-state index contributed by atoms with van der Waals surface area (Å²) in [5.41, 5.74) is -0.435. The van der Waals surface area contributed by atoms with E-state index in [9.17, 15) is 4.79 Å². The third-order valence-corrected chi connectivity index (χ3v) is 3.70. The summed E-state index contributed by atoms with van der Waals surface area (Å²) in [4.78, 5) is 11.7. The Labute approximate surface area is 130 Å². The van der Waals surface area contributed by atoms with Crippen molar-refractivity contribution in [1.29, 1.82) is 0 Å². The highest BCUT2D eigenvalue weighted by molar-refractivity contribution is 5.67. The molecule has 1 aliphatic rings. The second-order valence-corrected chi connectivity index (χ2v) is 7.47. The van der Waals surface area contributed by atoms with Crippen LogP contribution in [-0.2, 0) is 4.74 Å². The van der Waals surface area contributed by atoms with E-state index in [1.807, 2.05) is 20.8 Å². The van der Waals surface area contributed by atoms with E-state index in [2.05, 4.69) is 24.5 Å². The minimum Gasteiger partial charge on any atom is -0.444 e. The van der Waals surface area contributed by atoms with Gasteiger partial charge >= 0.3 is 6.09 Å². The van der Waals surface area contributed by atoms with Gasteiger partial charge in [-0.3, -0.25) is 0 Å². The van der Waals surface area contributed by atoms with Crippen LogP contribution in [-0.4, -0.2) is 30.3 Å². The molecular formula is C17H34N2O2. The van der Waals surface area contributed by atoms with Gasteiger partial charge in [0.2, 0.25) is 0 Å². The average molecular weight is 298 g/mol. The first-order valence-electron chi connectivity index (χ1n) is 8.53. The van der Waals surface area contributed by atoms with Crippen LogP contribution in [0.5, 0.6) is 0 Å². The molecule has 0 heterocycles. The zero-order valence-electron chi connectivity index (χ0n) is 14.5. The predicted octanol–water partition coefficient (Wildman–Crippen LogP) is 3.85. The number of nitrogens with one attached hydrogen (secondary N) is 2. The molecule has 2 atom stereocenters. The molecule has 124 valence electrons. The van der Waals surface area contributed by atoms with Gasteiger partial charge < -0.3 is 15.4 Å². The molecule has 1 rings (SSSR count). The number of alkyl carbamates (subject to hydrolysis) is 1. The number of hydrogen-bond donors (Lipinski definition) is 2. The number of hydrogen-bond acceptors (Lipinski definition) is 3. The van der Waals surface area contributed by atoms with Crippen molar-refractivity contribution in [3.63, 3.8) is 0 Å². The molecule has 21 heavy (non-hydrogen) atoms. The molecule has 2 N–H and O–H groups in total. The smallest absolute Gasteiger partial charge is 0.407 e. The van der Waals surface area contributed by atoms with Crippen LogP contribution >= 0.6 is 0 Å². The fraction of sp³-hybridized carbons (Fsp3) is 0.941. The third-order valence-electron chi connectivity index (χ3n) is 3.70. The summed E-state index contributed by atoms with van der Waals surface area (Å²) >= 11 is 0. The molecular weight excluding hydrogens is 264 g/mol. The molecule has 1 amide bonds. The van der Waals surface area contributed by atoms with Crippen LogP contribution in [0, 0.1) is 5.92 Å². The van der Waals surface area contributed by atoms with Gasteiger partial charge in [-0.15, -0.1) is 0 Å². The third kappa shape index (κ3) is 9.72. The second-order valence-electron chi connectivity index (χ2n) is 7.47. The number of ether oxygens (including phenoxy) is 1. The summed E-state index contributed by atoms with van der Waals surface area (Å²) in [5.74, 6) is 0.929. The van der Waals surface area contributed by atoms with E-state index in [1.165, 1.54) is 32.1 Å². The van der Waals surface area contributed by atoms with Gasteiger partial charge in [0, 0.05) is 18.6 Å². The standard InChI is InChI=1S/C17H34N2O2/c1-6-7-8-15(19-13(2)11-14-9-10-14)12-18-16(20)21-17(3,4)5/h13-15,19H,6-12H2,1-5H3,(H,18,20). The maximum absolute atomic E-state index is 11.7. The van der Waals surface area contributed by atoms with Crippen LogP contribution in [0.15, 0.2) is 0 Å². The predicted molar refractivity (Wildman–Crippen MR) is 87.5 cm³/mol. The van der Waals surface area contributed by atoms with Gasteiger partial charge in [-0.2, -0.15) is 0 Å². The molecule has 4 heteroatoms. The zero-order chi connectivity index (χ0) is 15.9. The Bertz CT molecular complexity index is 308. The number of rotatable bonds is 9. The van der Waals surface area contributed by atoms with Crippen molar-refractivity contribution >= 4 is 6.09 Å². The molecule has 1 saturated carbocycles. The average Bonchev–Trinajstić information content (AvgIpc) is 3.14. The maximum Gasteiger partial charge on any atom is 0.407 e. The van der Waals surface area contributed by atoms with E-state index in [1.54, 1.807) is 0 Å². The van der Waals surface area contributed by atoms with Crippen molar-refractivity contribution in [1.82, 2.24) is 10.6 Å². The molecule has 1 fully saturated rings. The zero-order valence-corrected chi connectivity index (χ0v) is 14.5. The van der Waals surface area contributed by atoms with Crippen LogP contribution in [0.4, 0.5) is 4.79 Å². The molecule has 0 aromatic carbocycles. The quantitative estimate of drug-likeness (QED) is 0.680. The lowest BCUT2D eigenvalue weighted by Gasteiger charge is -2.25. The largest absolute Gasteiger partial charge is 0.444 e. The Morgan fingerprint density at radius 2 is 2.00 bits per heavy atom. The maximum atomic E-state index is 11.7. The lowest BCUT2D eigenvalue weighted by molar-refractivity contribution is 0.0520. The van der Waals surface area contributed by atoms with Crippen molar-refractivity contribution in [2.24, 2.45) is 5.92 Å². The molecule has 0 radical (unpaired) electrons. The SMILES string of the molecule is CCCCC(CNC(=O)OC(C)(C)C)NC(C)CC1CC1. The van der Waals surface area contributed by atoms with Crippen LogP contribution in [0.25, 0.3) is 0 Å². The van der Waals surface area contributed by atoms with Crippen molar-refractivity contribution in [3.05, 3.63) is 0 Å². The highest BCUT2D eigenvalue weighted by atomic mass is 16.6. The first-order valence-corrected chi connectivity index (χ1v) is 8.53. The Morgan fingerprint density at radius 3 is 2.52 bits per heavy atom. The van der Waals surface area contributed by atoms with Crippen molar-refractivity contribution in [2.45, 2.75) is 90.8 Å². The normalized spacial score (nSPS) is 18.1. The monoisotopic (exact) mass is 298 g/mol. The van der Waals surface area contributed by atoms with Gasteiger partial charge in [0.25, 0.3) is 0 Å². The number of amides is 1. The topological polar surface area (TPSA) is 50.4 Å². The molecule has 2 unspecified atom stereocenters. The van der Waals surface area contributed by atoms with E-state index in [-0.39, 0.29) is 6.09 Å². The van der Waals surface area contributed by atoms with Crippen molar-refractivity contribution in [3.8, 4) is 0 Å². The number of carbonyl (C=O) groups is 1. The molecule has 0 spiro atoms. The second kappa shape index (κ2) is 8.62. The Hall–Kier alpha value is -0.770. The fourth-order valence-electron chi connectivity index (χ4n) is 2.54. The summed E-state index contributed by atoms with van der Waals surface area (Å²) in [5, 5.41) is 6.57. The van der Waals surface area contributed by atoms with Gasteiger partial charge in [-0.25, -0.2) is 4.79 Å². The van der Waals surface area contributed by atoms with Crippen LogP contribution < -0.4 is 10.6 Å². The van der Waals surface area contributed by atoms with Crippen LogP contribution in [0.1, 0.15) is 73.1 Å². The van der Waals surface area contributed by atoms with E-state index in [0.717, 1.165) is 12.3 Å². The number of carbonyl (C=O) groups excluding carboxylic acids is 1. The van der Waals surface area contributed by atoms with E-state index >= 15 is 0 Å². The minimum atomic E-state index is -0.435. The van der Waals surface area contributed by atoms with Gasteiger partial charge in [0.15, 0.2) is 0 Å². The van der Waals surface area contributed by atoms with E-state index < -0.39 is 5.60 Å². The highest BCUT2D eigenvalue weighted by Gasteiger charge is 2.25. The summed E-state index contributed by atoms with van der Waals surface area (Å²) in [6, 6.07) is 0.867. The fourth-order valence-corrected chi connectivity index (χ4v) is 2.54. The summed E-state index contributed by atoms with van der Waals surface area (Å²) < 4.78 is 5.29.